The van der Waals surface area contributed by atoms with Crippen molar-refractivity contribution in [2.24, 2.45) is 39.2 Å². The van der Waals surface area contributed by atoms with Crippen LogP contribution in [0.5, 0.6) is 0 Å². The molecule has 0 heterocycles. The third-order valence-electron chi connectivity index (χ3n) is 8.33. The number of allylic oxidation sites excluding steroid dienone is 2. The van der Waals surface area contributed by atoms with Gasteiger partial charge in [0.25, 0.3) is 0 Å². The first kappa shape index (κ1) is 17.0. The van der Waals surface area contributed by atoms with Crippen LogP contribution >= 0.6 is 0 Å². The molecule has 0 spiro atoms. The van der Waals surface area contributed by atoms with Gasteiger partial charge in [0, 0.05) is 18.3 Å². The minimum absolute atomic E-state index is 0.0473. The fraction of sp³-hybridized carbons (Fsp3) is 0.762. The molecule has 1 N–H and O–H groups in total. The highest BCUT2D eigenvalue weighted by molar-refractivity contribution is 6.43. The summed E-state index contributed by atoms with van der Waals surface area (Å²) in [5, 5.41) is 12.8. The molecule has 136 valence electrons. The number of hydrogen-bond donors (Lipinski definition) is 1. The van der Waals surface area contributed by atoms with E-state index < -0.39 is 5.41 Å². The molecule has 0 amide bonds. The van der Waals surface area contributed by atoms with Crippen LogP contribution in [0.3, 0.4) is 0 Å². The zero-order valence-corrected chi connectivity index (χ0v) is 15.8. The van der Waals surface area contributed by atoms with Crippen LogP contribution in [0.15, 0.2) is 16.8 Å². The van der Waals surface area contributed by atoms with E-state index in [9.17, 15) is 14.8 Å². The summed E-state index contributed by atoms with van der Waals surface area (Å²) in [7, 11) is 0. The first-order valence-electron chi connectivity index (χ1n) is 9.66. The van der Waals surface area contributed by atoms with Gasteiger partial charge in [-0.1, -0.05) is 30.7 Å². The molecule has 3 fully saturated rings. The van der Waals surface area contributed by atoms with Gasteiger partial charge in [0.05, 0.1) is 5.41 Å². The van der Waals surface area contributed by atoms with Gasteiger partial charge in [0.1, 0.15) is 11.5 Å². The van der Waals surface area contributed by atoms with Crippen LogP contribution in [0.1, 0.15) is 66.2 Å². The van der Waals surface area contributed by atoms with E-state index in [4.69, 9.17) is 0 Å². The fourth-order valence-corrected chi connectivity index (χ4v) is 7.05. The molecule has 4 aliphatic carbocycles. The minimum atomic E-state index is -0.605. The molecule has 0 unspecified atom stereocenters. The van der Waals surface area contributed by atoms with Crippen LogP contribution in [0.4, 0.5) is 0 Å². The monoisotopic (exact) mass is 343 g/mol. The Bertz CT molecular complexity index is 719. The molecule has 0 aliphatic heterocycles. The lowest BCUT2D eigenvalue weighted by Crippen LogP contribution is -2.56. The van der Waals surface area contributed by atoms with Crippen molar-refractivity contribution in [2.75, 3.05) is 0 Å². The van der Waals surface area contributed by atoms with E-state index in [0.717, 1.165) is 32.1 Å². The number of ketones is 2. The molecule has 0 bridgehead atoms. The van der Waals surface area contributed by atoms with E-state index in [1.165, 1.54) is 5.57 Å². The Morgan fingerprint density at radius 2 is 1.76 bits per heavy atom. The van der Waals surface area contributed by atoms with Crippen molar-refractivity contribution in [1.82, 2.24) is 0 Å². The van der Waals surface area contributed by atoms with Crippen molar-refractivity contribution in [3.63, 3.8) is 0 Å². The predicted octanol–water partition coefficient (Wildman–Crippen LogP) is 4.16. The topological polar surface area (TPSA) is 66.7 Å². The van der Waals surface area contributed by atoms with Crippen molar-refractivity contribution >= 4 is 17.3 Å². The maximum absolute atomic E-state index is 12.7. The molecule has 4 rings (SSSR count). The number of carbonyl (C=O) groups excluding carboxylic acids is 2. The Morgan fingerprint density at radius 3 is 2.44 bits per heavy atom. The molecule has 4 heteroatoms. The van der Waals surface area contributed by atoms with Gasteiger partial charge in [0.15, 0.2) is 5.78 Å². The van der Waals surface area contributed by atoms with Crippen molar-refractivity contribution in [1.29, 1.82) is 0 Å². The van der Waals surface area contributed by atoms with Gasteiger partial charge in [0.2, 0.25) is 0 Å². The summed E-state index contributed by atoms with van der Waals surface area (Å²) in [5.74, 6) is 1.83. The van der Waals surface area contributed by atoms with E-state index in [1.54, 1.807) is 0 Å². The summed E-state index contributed by atoms with van der Waals surface area (Å²) in [4.78, 5) is 25.2. The van der Waals surface area contributed by atoms with Crippen molar-refractivity contribution in [3.05, 3.63) is 11.6 Å². The molecule has 0 saturated heterocycles. The summed E-state index contributed by atoms with van der Waals surface area (Å²) in [6.45, 7) is 8.38. The van der Waals surface area contributed by atoms with Gasteiger partial charge in [-0.3, -0.25) is 9.59 Å². The molecule has 4 aliphatic rings. The van der Waals surface area contributed by atoms with Gasteiger partial charge >= 0.3 is 0 Å². The number of rotatable bonds is 0. The second-order valence-corrected chi connectivity index (χ2v) is 9.74. The average molecular weight is 343 g/mol. The van der Waals surface area contributed by atoms with Crippen LogP contribution in [-0.4, -0.2) is 22.5 Å². The van der Waals surface area contributed by atoms with E-state index >= 15 is 0 Å². The third-order valence-corrected chi connectivity index (χ3v) is 8.33. The summed E-state index contributed by atoms with van der Waals surface area (Å²) in [6, 6.07) is 0. The van der Waals surface area contributed by atoms with Crippen LogP contribution in [0.25, 0.3) is 0 Å². The third kappa shape index (κ3) is 1.97. The lowest BCUT2D eigenvalue weighted by Gasteiger charge is -2.58. The molecule has 0 radical (unpaired) electrons. The van der Waals surface area contributed by atoms with Crippen molar-refractivity contribution in [3.8, 4) is 0 Å². The van der Waals surface area contributed by atoms with E-state index in [2.05, 4.69) is 25.1 Å². The molecule has 0 aromatic heterocycles. The second-order valence-electron chi connectivity index (χ2n) is 9.74. The van der Waals surface area contributed by atoms with E-state index in [-0.39, 0.29) is 16.6 Å². The predicted molar refractivity (Wildman–Crippen MR) is 95.5 cm³/mol. The molecule has 25 heavy (non-hydrogen) atoms. The fourth-order valence-electron chi connectivity index (χ4n) is 7.05. The highest BCUT2D eigenvalue weighted by atomic mass is 16.4. The molecular weight excluding hydrogens is 314 g/mol. The van der Waals surface area contributed by atoms with Crippen LogP contribution in [0, 0.1) is 34.0 Å². The lowest BCUT2D eigenvalue weighted by molar-refractivity contribution is -0.132. The second kappa shape index (κ2) is 5.05. The normalized spacial score (nSPS) is 47.1. The van der Waals surface area contributed by atoms with Crippen LogP contribution in [-0.2, 0) is 9.59 Å². The molecule has 4 nitrogen and oxygen atoms in total. The maximum Gasteiger partial charge on any atom is 0.190 e. The lowest BCUT2D eigenvalue weighted by atomic mass is 9.45. The SMILES string of the molecule is CC1(C)C(=O)/C(=N/O)C[C@@]2(C)C1=CC[C@@H]1[C@@H]2CC[C@]2(C)C(=O)CC[C@@H]12. The molecule has 5 atom stereocenters. The quantitative estimate of drug-likeness (QED) is 0.408. The smallest absolute Gasteiger partial charge is 0.190 e. The van der Waals surface area contributed by atoms with Gasteiger partial charge in [-0.2, -0.15) is 0 Å². The van der Waals surface area contributed by atoms with Crippen molar-refractivity contribution in [2.45, 2.75) is 66.2 Å². The Kier molecular flexibility index (Phi) is 3.43. The summed E-state index contributed by atoms with van der Waals surface area (Å²) < 4.78 is 0. The number of nitrogens with zero attached hydrogens (tertiary/aromatic N) is 1. The van der Waals surface area contributed by atoms with Crippen LogP contribution < -0.4 is 0 Å². The largest absolute Gasteiger partial charge is 0.411 e. The Labute approximate surface area is 149 Å². The number of fused-ring (bicyclic) bond motifs is 5. The summed E-state index contributed by atoms with van der Waals surface area (Å²) in [5.41, 5.74) is 0.657. The zero-order valence-electron chi connectivity index (χ0n) is 15.8. The molecular formula is C21H29NO3. The zero-order chi connectivity index (χ0) is 18.2. The number of hydrogen-bond acceptors (Lipinski definition) is 4. The summed E-state index contributed by atoms with van der Waals surface area (Å²) >= 11 is 0. The minimum Gasteiger partial charge on any atom is -0.411 e. The first-order chi connectivity index (χ1) is 11.7. The van der Waals surface area contributed by atoms with Crippen molar-refractivity contribution < 1.29 is 14.8 Å². The highest BCUT2D eigenvalue weighted by Gasteiger charge is 2.62. The first-order valence-corrected chi connectivity index (χ1v) is 9.66. The number of Topliss-reactive ketones (excluding diaryl/α,β-unsaturated/α-hetero) is 2. The average Bonchev–Trinajstić information content (AvgIpc) is 2.86. The van der Waals surface area contributed by atoms with E-state index in [0.29, 0.717) is 35.7 Å². The Balaban J connectivity index is 1.80. The molecule has 0 aromatic rings. The maximum atomic E-state index is 12.7. The molecule has 3 saturated carbocycles. The highest BCUT2D eigenvalue weighted by Crippen LogP contribution is 2.65. The van der Waals surface area contributed by atoms with Gasteiger partial charge in [-0.25, -0.2) is 0 Å². The summed E-state index contributed by atoms with van der Waals surface area (Å²) in [6.07, 6.45) is 7.52. The van der Waals surface area contributed by atoms with Crippen LogP contribution in [0.2, 0.25) is 0 Å². The van der Waals surface area contributed by atoms with Gasteiger partial charge in [-0.05, 0) is 62.7 Å². The van der Waals surface area contributed by atoms with E-state index in [1.807, 2.05) is 13.8 Å². The van der Waals surface area contributed by atoms with Gasteiger partial charge in [-0.15, -0.1) is 0 Å². The number of oxime groups is 1. The standard InChI is InChI=1S/C21H29NO3/c1-19(2)16-7-5-12-13-6-8-17(23)20(13,3)10-9-14(12)21(16,4)11-15(22-25)18(19)24/h7,12-14,25H,5-6,8-11H2,1-4H3/b22-15+/t12-,13-,14-,20-,21+/m0/s1. The Hall–Kier alpha value is -1.45. The number of carbonyl (C=O) groups is 2. The van der Waals surface area contributed by atoms with Gasteiger partial charge < -0.3 is 5.21 Å². The Morgan fingerprint density at radius 1 is 1.08 bits per heavy atom. The molecule has 0 aromatic carbocycles.